The number of hydrogen-bond donors (Lipinski definition) is 0. The van der Waals surface area contributed by atoms with Crippen LogP contribution in [0.25, 0.3) is 0 Å². The van der Waals surface area contributed by atoms with Gasteiger partial charge in [0.15, 0.2) is 0 Å². The maximum atomic E-state index is 12.5. The van der Waals surface area contributed by atoms with E-state index in [1.54, 1.807) is 17.2 Å². The highest BCUT2D eigenvalue weighted by Crippen LogP contribution is 2.29. The van der Waals surface area contributed by atoms with Gasteiger partial charge in [-0.15, -0.1) is 0 Å². The smallest absolute Gasteiger partial charge is 0.236 e. The van der Waals surface area contributed by atoms with Crippen LogP contribution in [0.3, 0.4) is 0 Å². The Morgan fingerprint density at radius 2 is 2.09 bits per heavy atom. The molecule has 6 heteroatoms. The van der Waals surface area contributed by atoms with Crippen LogP contribution in [0, 0.1) is 13.8 Å². The number of hydrogen-bond acceptors (Lipinski definition) is 4. The Morgan fingerprint density at radius 1 is 1.30 bits per heavy atom. The Morgan fingerprint density at radius 3 is 2.65 bits per heavy atom. The molecule has 0 spiro atoms. The molecule has 5 nitrogen and oxygen atoms in total. The van der Waals surface area contributed by atoms with Crippen LogP contribution in [0.1, 0.15) is 29.9 Å². The molecule has 1 fully saturated rings. The van der Waals surface area contributed by atoms with Crippen LogP contribution >= 0.6 is 0 Å². The monoisotopic (exact) mass is 332 g/mol. The highest BCUT2D eigenvalue weighted by atomic mass is 32.2. The molecule has 0 aromatic carbocycles. The predicted octanol–water partition coefficient (Wildman–Crippen LogP) is 2.59. The molecule has 3 rings (SSSR count). The molecule has 2 aromatic heterocycles. The minimum Gasteiger partial charge on any atom is -0.464 e. The van der Waals surface area contributed by atoms with E-state index in [1.807, 2.05) is 32.0 Å². The van der Waals surface area contributed by atoms with E-state index in [9.17, 15) is 9.00 Å². The Labute approximate surface area is 138 Å². The zero-order valence-electron chi connectivity index (χ0n) is 13.3. The second-order valence-corrected chi connectivity index (χ2v) is 7.33. The first-order valence-electron chi connectivity index (χ1n) is 7.69. The lowest BCUT2D eigenvalue weighted by molar-refractivity contribution is -0.129. The molecule has 0 aliphatic heterocycles. The summed E-state index contributed by atoms with van der Waals surface area (Å²) in [6, 6.07) is 7.59. The van der Waals surface area contributed by atoms with Gasteiger partial charge in [-0.2, -0.15) is 0 Å². The maximum Gasteiger partial charge on any atom is 0.236 e. The molecule has 2 aromatic rings. The van der Waals surface area contributed by atoms with Crippen molar-refractivity contribution in [2.75, 3.05) is 5.75 Å². The van der Waals surface area contributed by atoms with Gasteiger partial charge < -0.3 is 9.32 Å². The number of pyridine rings is 1. The van der Waals surface area contributed by atoms with Gasteiger partial charge in [0.05, 0.1) is 17.3 Å². The lowest BCUT2D eigenvalue weighted by Crippen LogP contribution is -2.35. The summed E-state index contributed by atoms with van der Waals surface area (Å²) < 4.78 is 17.9. The third kappa shape index (κ3) is 4.07. The van der Waals surface area contributed by atoms with Gasteiger partial charge in [0, 0.05) is 12.2 Å². The molecular formula is C17H20N2O3S. The molecule has 23 heavy (non-hydrogen) atoms. The standard InChI is InChI=1S/C17H20N2O3S/c1-12-3-8-16(18-9-12)23(21)11-17(20)19(14-5-6-14)10-15-7-4-13(2)22-15/h3-4,7-9,14H,5-6,10-11H2,1-2H3. The van der Waals surface area contributed by atoms with Crippen LogP contribution in [0.5, 0.6) is 0 Å². The highest BCUT2D eigenvalue weighted by molar-refractivity contribution is 7.85. The van der Waals surface area contributed by atoms with Crippen molar-refractivity contribution >= 4 is 16.7 Å². The summed E-state index contributed by atoms with van der Waals surface area (Å²) in [4.78, 5) is 18.5. The lowest BCUT2D eigenvalue weighted by Gasteiger charge is -2.21. The first-order valence-corrected chi connectivity index (χ1v) is 9.00. The molecule has 0 N–H and O–H groups in total. The van der Waals surface area contributed by atoms with Crippen molar-refractivity contribution in [1.29, 1.82) is 0 Å². The Kier molecular flexibility index (Phi) is 4.61. The van der Waals surface area contributed by atoms with Crippen molar-refractivity contribution in [1.82, 2.24) is 9.88 Å². The van der Waals surface area contributed by atoms with Crippen LogP contribution < -0.4 is 0 Å². The average Bonchev–Trinajstić information content (AvgIpc) is 3.27. The predicted molar refractivity (Wildman–Crippen MR) is 87.3 cm³/mol. The van der Waals surface area contributed by atoms with Gasteiger partial charge in [0.25, 0.3) is 0 Å². The van der Waals surface area contributed by atoms with Crippen LogP contribution in [0.2, 0.25) is 0 Å². The fourth-order valence-corrected chi connectivity index (χ4v) is 3.33. The average molecular weight is 332 g/mol. The van der Waals surface area contributed by atoms with Crippen molar-refractivity contribution in [3.05, 3.63) is 47.5 Å². The molecule has 1 aliphatic rings. The van der Waals surface area contributed by atoms with E-state index in [0.29, 0.717) is 11.6 Å². The molecule has 1 saturated carbocycles. The molecule has 0 bridgehead atoms. The molecular weight excluding hydrogens is 312 g/mol. The molecule has 0 saturated heterocycles. The minimum atomic E-state index is -1.42. The number of aromatic nitrogens is 1. The van der Waals surface area contributed by atoms with E-state index >= 15 is 0 Å². The number of amides is 1. The number of nitrogens with zero attached hydrogens (tertiary/aromatic N) is 2. The topological polar surface area (TPSA) is 63.4 Å². The van der Waals surface area contributed by atoms with Crippen molar-refractivity contribution in [2.45, 2.75) is 44.3 Å². The molecule has 1 aliphatic carbocycles. The molecule has 2 heterocycles. The minimum absolute atomic E-state index is 0.0355. The number of aryl methyl sites for hydroxylation is 2. The number of rotatable bonds is 6. The van der Waals surface area contributed by atoms with Crippen molar-refractivity contribution in [2.24, 2.45) is 0 Å². The third-order valence-corrected chi connectivity index (χ3v) is 5.02. The van der Waals surface area contributed by atoms with Gasteiger partial charge in [0.1, 0.15) is 22.3 Å². The van der Waals surface area contributed by atoms with Crippen LogP contribution in [0.15, 0.2) is 39.9 Å². The Bertz CT molecular complexity index is 720. The zero-order valence-corrected chi connectivity index (χ0v) is 14.1. The summed E-state index contributed by atoms with van der Waals surface area (Å²) in [5, 5.41) is 0.452. The molecule has 1 amide bonds. The maximum absolute atomic E-state index is 12.5. The lowest BCUT2D eigenvalue weighted by atomic mass is 10.3. The number of carbonyl (C=O) groups excluding carboxylic acids is 1. The summed E-state index contributed by atoms with van der Waals surface area (Å²) in [5.74, 6) is 1.45. The quantitative estimate of drug-likeness (QED) is 0.816. The van der Waals surface area contributed by atoms with Crippen LogP contribution in [-0.4, -0.2) is 31.8 Å². The van der Waals surface area contributed by atoms with Crippen molar-refractivity contribution in [3.63, 3.8) is 0 Å². The first-order chi connectivity index (χ1) is 11.0. The highest BCUT2D eigenvalue weighted by Gasteiger charge is 2.33. The van der Waals surface area contributed by atoms with E-state index in [-0.39, 0.29) is 17.7 Å². The van der Waals surface area contributed by atoms with E-state index in [4.69, 9.17) is 4.42 Å². The van der Waals surface area contributed by atoms with E-state index in [0.717, 1.165) is 29.9 Å². The molecule has 1 unspecified atom stereocenters. The summed E-state index contributed by atoms with van der Waals surface area (Å²) in [6.45, 7) is 4.24. The van der Waals surface area contributed by atoms with Crippen molar-refractivity contribution in [3.8, 4) is 0 Å². The van der Waals surface area contributed by atoms with Gasteiger partial charge in [-0.1, -0.05) is 6.07 Å². The summed E-state index contributed by atoms with van der Waals surface area (Å²) in [7, 11) is -1.42. The largest absolute Gasteiger partial charge is 0.464 e. The van der Waals surface area contributed by atoms with E-state index < -0.39 is 10.8 Å². The fourth-order valence-electron chi connectivity index (χ4n) is 2.40. The number of carbonyl (C=O) groups is 1. The Balaban J connectivity index is 1.66. The molecule has 1 atom stereocenters. The third-order valence-electron chi connectivity index (χ3n) is 3.80. The second kappa shape index (κ2) is 6.66. The summed E-state index contributed by atoms with van der Waals surface area (Å²) >= 11 is 0. The second-order valence-electron chi connectivity index (χ2n) is 5.93. The van der Waals surface area contributed by atoms with E-state index in [1.165, 1.54) is 0 Å². The first kappa shape index (κ1) is 15.9. The van der Waals surface area contributed by atoms with Gasteiger partial charge in [-0.25, -0.2) is 4.98 Å². The van der Waals surface area contributed by atoms with Gasteiger partial charge in [-0.05, 0) is 50.5 Å². The SMILES string of the molecule is Cc1ccc(S(=O)CC(=O)N(Cc2ccc(C)o2)C2CC2)nc1. The molecule has 122 valence electrons. The summed E-state index contributed by atoms with van der Waals surface area (Å²) in [6.07, 6.45) is 3.67. The zero-order chi connectivity index (χ0) is 16.4. The van der Waals surface area contributed by atoms with Crippen LogP contribution in [0.4, 0.5) is 0 Å². The Hall–Kier alpha value is -1.95. The van der Waals surface area contributed by atoms with Gasteiger partial charge in [0.2, 0.25) is 5.91 Å². The van der Waals surface area contributed by atoms with E-state index in [2.05, 4.69) is 4.98 Å². The molecule has 0 radical (unpaired) electrons. The summed E-state index contributed by atoms with van der Waals surface area (Å²) in [5.41, 5.74) is 1.00. The number of furan rings is 1. The van der Waals surface area contributed by atoms with Crippen LogP contribution in [-0.2, 0) is 22.1 Å². The van der Waals surface area contributed by atoms with Gasteiger partial charge >= 0.3 is 0 Å². The van der Waals surface area contributed by atoms with Gasteiger partial charge in [-0.3, -0.25) is 9.00 Å². The van der Waals surface area contributed by atoms with Crippen molar-refractivity contribution < 1.29 is 13.4 Å². The normalized spacial score (nSPS) is 15.4. The fraction of sp³-hybridized carbons (Fsp3) is 0.412.